The van der Waals surface area contributed by atoms with Gasteiger partial charge in [0.2, 0.25) is 5.91 Å². The normalized spacial score (nSPS) is 17.5. The van der Waals surface area contributed by atoms with Crippen molar-refractivity contribution in [3.05, 3.63) is 0 Å². The molecular formula is C10H21ClN2OS. The summed E-state index contributed by atoms with van der Waals surface area (Å²) in [6.07, 6.45) is 4.43. The average molecular weight is 253 g/mol. The van der Waals surface area contributed by atoms with Crippen LogP contribution in [0.4, 0.5) is 0 Å². The van der Waals surface area contributed by atoms with Crippen molar-refractivity contribution in [2.45, 2.75) is 38.1 Å². The molecule has 3 N–H and O–H groups in total. The summed E-state index contributed by atoms with van der Waals surface area (Å²) in [6.45, 7) is 2.77. The first-order valence-corrected chi connectivity index (χ1v) is 6.45. The van der Waals surface area contributed by atoms with Crippen LogP contribution in [-0.2, 0) is 4.79 Å². The molecule has 0 saturated heterocycles. The second-order valence-electron chi connectivity index (χ2n) is 4.05. The number of carbonyl (C=O) groups excluding carboxylic acids is 1. The molecule has 90 valence electrons. The second kappa shape index (κ2) is 7.36. The van der Waals surface area contributed by atoms with Crippen molar-refractivity contribution in [1.82, 2.24) is 5.32 Å². The zero-order chi connectivity index (χ0) is 10.4. The van der Waals surface area contributed by atoms with Crippen LogP contribution in [0.5, 0.6) is 0 Å². The van der Waals surface area contributed by atoms with Gasteiger partial charge < -0.3 is 11.1 Å². The highest BCUT2D eigenvalue weighted by Gasteiger charge is 2.32. The summed E-state index contributed by atoms with van der Waals surface area (Å²) < 4.78 is 0. The lowest BCUT2D eigenvalue weighted by molar-refractivity contribution is -0.119. The van der Waals surface area contributed by atoms with Crippen molar-refractivity contribution in [3.63, 3.8) is 0 Å². The fraction of sp³-hybridized carbons (Fsp3) is 0.900. The summed E-state index contributed by atoms with van der Waals surface area (Å²) in [5.74, 6) is 1.76. The number of hydrogen-bond acceptors (Lipinski definition) is 3. The first-order chi connectivity index (χ1) is 6.66. The fourth-order valence-electron chi connectivity index (χ4n) is 1.44. The minimum atomic E-state index is -0.0922. The van der Waals surface area contributed by atoms with Gasteiger partial charge in [0.1, 0.15) is 0 Å². The Bertz CT molecular complexity index is 198. The summed E-state index contributed by atoms with van der Waals surface area (Å²) >= 11 is 1.68. The van der Waals surface area contributed by atoms with E-state index in [1.807, 2.05) is 0 Å². The van der Waals surface area contributed by atoms with Gasteiger partial charge >= 0.3 is 0 Å². The van der Waals surface area contributed by atoms with Gasteiger partial charge in [0.25, 0.3) is 0 Å². The van der Waals surface area contributed by atoms with Crippen LogP contribution < -0.4 is 11.1 Å². The number of thioether (sulfide) groups is 1. The van der Waals surface area contributed by atoms with E-state index in [2.05, 4.69) is 12.2 Å². The maximum Gasteiger partial charge on any atom is 0.230 e. The number of nitrogens with one attached hydrogen (secondary N) is 1. The summed E-state index contributed by atoms with van der Waals surface area (Å²) in [5, 5.41) is 2.90. The molecule has 0 spiro atoms. The molecule has 1 amide bonds. The molecule has 0 heterocycles. The van der Waals surface area contributed by atoms with Gasteiger partial charge in [-0.2, -0.15) is 11.8 Å². The Morgan fingerprint density at radius 3 is 2.67 bits per heavy atom. The van der Waals surface area contributed by atoms with E-state index in [-0.39, 0.29) is 23.9 Å². The van der Waals surface area contributed by atoms with Crippen molar-refractivity contribution < 1.29 is 4.79 Å². The van der Waals surface area contributed by atoms with Gasteiger partial charge in [-0.15, -0.1) is 12.4 Å². The van der Waals surface area contributed by atoms with Gasteiger partial charge in [-0.05, 0) is 31.4 Å². The maximum absolute atomic E-state index is 11.3. The summed E-state index contributed by atoms with van der Waals surface area (Å²) in [7, 11) is 0. The molecule has 0 unspecified atom stereocenters. The molecular weight excluding hydrogens is 232 g/mol. The molecule has 3 nitrogen and oxygen atoms in total. The molecule has 0 aromatic rings. The van der Waals surface area contributed by atoms with Crippen molar-refractivity contribution >= 4 is 30.1 Å². The van der Waals surface area contributed by atoms with E-state index in [1.165, 1.54) is 6.42 Å². The van der Waals surface area contributed by atoms with Crippen molar-refractivity contribution in [2.75, 3.05) is 18.1 Å². The Hall–Kier alpha value is 0.0700. The van der Waals surface area contributed by atoms with Crippen LogP contribution in [0.15, 0.2) is 0 Å². The lowest BCUT2D eigenvalue weighted by Gasteiger charge is -2.38. The highest BCUT2D eigenvalue weighted by molar-refractivity contribution is 7.99. The van der Waals surface area contributed by atoms with Crippen molar-refractivity contribution in [1.29, 1.82) is 0 Å². The van der Waals surface area contributed by atoms with E-state index >= 15 is 0 Å². The lowest BCUT2D eigenvalue weighted by Crippen LogP contribution is -2.55. The Kier molecular flexibility index (Phi) is 7.40. The van der Waals surface area contributed by atoms with Crippen molar-refractivity contribution in [2.24, 2.45) is 5.73 Å². The van der Waals surface area contributed by atoms with E-state index in [0.29, 0.717) is 12.3 Å². The predicted octanol–water partition coefficient (Wildman–Crippen LogP) is 1.55. The minimum Gasteiger partial charge on any atom is -0.354 e. The monoisotopic (exact) mass is 252 g/mol. The van der Waals surface area contributed by atoms with Crippen LogP contribution >= 0.6 is 24.2 Å². The standard InChI is InChI=1S/C10H20N2OS.ClH/c1-2-6-14-7-9(13)12-8-10(11)4-3-5-10;/h2-8,11H2,1H3,(H,12,13);1H. The highest BCUT2D eigenvalue weighted by Crippen LogP contribution is 2.27. The molecule has 0 aliphatic heterocycles. The number of nitrogens with two attached hydrogens (primary N) is 1. The highest BCUT2D eigenvalue weighted by atomic mass is 35.5. The van der Waals surface area contributed by atoms with Crippen LogP contribution in [0.1, 0.15) is 32.6 Å². The number of carbonyl (C=O) groups is 1. The molecule has 15 heavy (non-hydrogen) atoms. The average Bonchev–Trinajstić information content (AvgIpc) is 2.12. The third kappa shape index (κ3) is 5.64. The fourth-order valence-corrected chi connectivity index (χ4v) is 2.16. The van der Waals surface area contributed by atoms with E-state index < -0.39 is 0 Å². The van der Waals surface area contributed by atoms with Crippen molar-refractivity contribution in [3.8, 4) is 0 Å². The van der Waals surface area contributed by atoms with Crippen LogP contribution in [-0.4, -0.2) is 29.5 Å². The largest absolute Gasteiger partial charge is 0.354 e. The minimum absolute atomic E-state index is 0. The molecule has 1 rings (SSSR count). The van der Waals surface area contributed by atoms with Crippen LogP contribution in [0.2, 0.25) is 0 Å². The third-order valence-corrected chi connectivity index (χ3v) is 3.73. The SMILES string of the molecule is CCCSCC(=O)NCC1(N)CCC1.Cl. The van der Waals surface area contributed by atoms with Gasteiger partial charge in [0.05, 0.1) is 5.75 Å². The van der Waals surface area contributed by atoms with E-state index in [9.17, 15) is 4.79 Å². The Labute approximate surface area is 102 Å². The van der Waals surface area contributed by atoms with E-state index in [1.54, 1.807) is 11.8 Å². The number of amides is 1. The van der Waals surface area contributed by atoms with E-state index in [4.69, 9.17) is 5.73 Å². The third-order valence-electron chi connectivity index (χ3n) is 2.57. The van der Waals surface area contributed by atoms with Gasteiger partial charge in [-0.25, -0.2) is 0 Å². The van der Waals surface area contributed by atoms with Gasteiger partial charge in [-0.3, -0.25) is 4.79 Å². The van der Waals surface area contributed by atoms with Crippen LogP contribution in [0.25, 0.3) is 0 Å². The number of halogens is 1. The Morgan fingerprint density at radius 1 is 1.53 bits per heavy atom. The first kappa shape index (κ1) is 15.1. The predicted molar refractivity (Wildman–Crippen MR) is 68.6 cm³/mol. The molecule has 1 saturated carbocycles. The molecule has 0 radical (unpaired) electrons. The zero-order valence-electron chi connectivity index (χ0n) is 9.25. The second-order valence-corrected chi connectivity index (χ2v) is 5.15. The molecule has 1 aliphatic carbocycles. The summed E-state index contributed by atoms with van der Waals surface area (Å²) in [6, 6.07) is 0. The molecule has 1 aliphatic rings. The zero-order valence-corrected chi connectivity index (χ0v) is 10.9. The topological polar surface area (TPSA) is 55.1 Å². The molecule has 5 heteroatoms. The Balaban J connectivity index is 0.00000196. The molecule has 0 aromatic carbocycles. The van der Waals surface area contributed by atoms with E-state index in [0.717, 1.165) is 25.0 Å². The Morgan fingerprint density at radius 2 is 2.20 bits per heavy atom. The number of hydrogen-bond donors (Lipinski definition) is 2. The first-order valence-electron chi connectivity index (χ1n) is 5.30. The molecule has 0 aromatic heterocycles. The van der Waals surface area contributed by atoms with Crippen LogP contribution in [0, 0.1) is 0 Å². The molecule has 0 atom stereocenters. The summed E-state index contributed by atoms with van der Waals surface area (Å²) in [4.78, 5) is 11.3. The molecule has 0 bridgehead atoms. The summed E-state index contributed by atoms with van der Waals surface area (Å²) in [5.41, 5.74) is 5.89. The smallest absolute Gasteiger partial charge is 0.230 e. The van der Waals surface area contributed by atoms with Gasteiger partial charge in [-0.1, -0.05) is 6.92 Å². The number of rotatable bonds is 6. The molecule has 1 fully saturated rings. The quantitative estimate of drug-likeness (QED) is 0.706. The maximum atomic E-state index is 11.3. The van der Waals surface area contributed by atoms with Gasteiger partial charge in [0, 0.05) is 12.1 Å². The van der Waals surface area contributed by atoms with Crippen LogP contribution in [0.3, 0.4) is 0 Å². The van der Waals surface area contributed by atoms with Gasteiger partial charge in [0.15, 0.2) is 0 Å². The lowest BCUT2D eigenvalue weighted by atomic mass is 9.78.